The van der Waals surface area contributed by atoms with Gasteiger partial charge in [0.1, 0.15) is 11.6 Å². The van der Waals surface area contributed by atoms with Gasteiger partial charge in [-0.2, -0.15) is 0 Å². The van der Waals surface area contributed by atoms with Crippen molar-refractivity contribution >= 4 is 34.7 Å². The van der Waals surface area contributed by atoms with Crippen LogP contribution in [0.25, 0.3) is 0 Å². The number of nitrogens with zero attached hydrogens (tertiary/aromatic N) is 5. The Morgan fingerprint density at radius 2 is 2.00 bits per heavy atom. The van der Waals surface area contributed by atoms with Crippen molar-refractivity contribution in [2.45, 2.75) is 13.5 Å². The monoisotopic (exact) mass is 326 g/mol. The van der Waals surface area contributed by atoms with Crippen LogP contribution in [0, 0.1) is 6.92 Å². The third kappa shape index (κ3) is 4.03. The van der Waals surface area contributed by atoms with Crippen molar-refractivity contribution in [1.29, 1.82) is 0 Å². The highest BCUT2D eigenvalue weighted by Crippen LogP contribution is 2.19. The predicted molar refractivity (Wildman–Crippen MR) is 88.0 cm³/mol. The number of thiazole rings is 1. The van der Waals surface area contributed by atoms with Gasteiger partial charge in [0.05, 0.1) is 0 Å². The zero-order valence-corrected chi connectivity index (χ0v) is 13.5. The van der Waals surface area contributed by atoms with Gasteiger partial charge in [0.15, 0.2) is 5.13 Å². The predicted octanol–water partition coefficient (Wildman–Crippen LogP) is 1.57. The Kier molecular flexibility index (Phi) is 5.33. The maximum absolute atomic E-state index is 5.66. The van der Waals surface area contributed by atoms with Gasteiger partial charge in [-0.15, -0.1) is 23.7 Å². The topological polar surface area (TPSA) is 71.2 Å². The van der Waals surface area contributed by atoms with E-state index in [1.807, 2.05) is 25.4 Å². The number of rotatable bonds is 3. The molecular weight excluding hydrogens is 308 g/mol. The Morgan fingerprint density at radius 1 is 1.24 bits per heavy atom. The minimum Gasteiger partial charge on any atom is -0.375 e. The summed E-state index contributed by atoms with van der Waals surface area (Å²) in [7, 11) is 0. The molecule has 2 N–H and O–H groups in total. The van der Waals surface area contributed by atoms with E-state index in [9.17, 15) is 0 Å². The molecule has 0 aliphatic carbocycles. The normalized spacial score (nSPS) is 15.8. The van der Waals surface area contributed by atoms with Gasteiger partial charge >= 0.3 is 0 Å². The Balaban J connectivity index is 0.00000161. The van der Waals surface area contributed by atoms with Crippen LogP contribution in [0.15, 0.2) is 18.5 Å². The highest BCUT2D eigenvalue weighted by Gasteiger charge is 2.18. The molecule has 0 radical (unpaired) electrons. The molecule has 1 aliphatic heterocycles. The first kappa shape index (κ1) is 15.9. The van der Waals surface area contributed by atoms with Crippen LogP contribution in [0.4, 0.5) is 10.9 Å². The zero-order chi connectivity index (χ0) is 13.9. The lowest BCUT2D eigenvalue weighted by Gasteiger charge is -2.35. The summed E-state index contributed by atoms with van der Waals surface area (Å²) in [4.78, 5) is 18.7. The number of nitrogens with two attached hydrogens (primary N) is 1. The molecule has 6 nitrogen and oxygen atoms in total. The van der Waals surface area contributed by atoms with E-state index in [2.05, 4.69) is 24.8 Å². The van der Waals surface area contributed by atoms with E-state index in [1.165, 1.54) is 4.88 Å². The first-order valence-electron chi connectivity index (χ1n) is 6.68. The van der Waals surface area contributed by atoms with E-state index >= 15 is 0 Å². The molecule has 0 spiro atoms. The van der Waals surface area contributed by atoms with Gasteiger partial charge < -0.3 is 10.6 Å². The molecule has 0 saturated carbocycles. The van der Waals surface area contributed by atoms with Crippen LogP contribution in [-0.4, -0.2) is 46.0 Å². The summed E-state index contributed by atoms with van der Waals surface area (Å²) in [5.74, 6) is 1.85. The smallest absolute Gasteiger partial charge is 0.180 e. The van der Waals surface area contributed by atoms with Crippen molar-refractivity contribution in [2.24, 2.45) is 0 Å². The van der Waals surface area contributed by atoms with Crippen molar-refractivity contribution in [3.05, 3.63) is 29.2 Å². The maximum Gasteiger partial charge on any atom is 0.180 e. The lowest BCUT2D eigenvalue weighted by Crippen LogP contribution is -2.46. The number of hydrogen-bond acceptors (Lipinski definition) is 7. The fourth-order valence-corrected chi connectivity index (χ4v) is 3.10. The second-order valence-corrected chi connectivity index (χ2v) is 6.04. The second-order valence-electron chi connectivity index (χ2n) is 4.89. The third-order valence-electron chi connectivity index (χ3n) is 3.41. The quantitative estimate of drug-likeness (QED) is 0.923. The standard InChI is InChI=1S/C13H18N6S.ClH/c1-10-15-3-2-12(17-10)19-6-4-18(5-7-19)9-11-8-16-13(14)20-11;/h2-3,8H,4-7,9H2,1H3,(H2,14,16);1H. The number of halogens is 1. The van der Waals surface area contributed by atoms with Crippen LogP contribution >= 0.6 is 23.7 Å². The van der Waals surface area contributed by atoms with E-state index in [-0.39, 0.29) is 12.4 Å². The lowest BCUT2D eigenvalue weighted by atomic mass is 10.3. The summed E-state index contributed by atoms with van der Waals surface area (Å²) in [6.45, 7) is 6.90. The molecule has 0 aromatic carbocycles. The average Bonchev–Trinajstić information content (AvgIpc) is 2.85. The van der Waals surface area contributed by atoms with E-state index in [0.717, 1.165) is 44.4 Å². The molecule has 21 heavy (non-hydrogen) atoms. The van der Waals surface area contributed by atoms with E-state index in [4.69, 9.17) is 5.73 Å². The summed E-state index contributed by atoms with van der Waals surface area (Å²) in [6, 6.07) is 1.98. The molecule has 2 aromatic rings. The average molecular weight is 327 g/mol. The molecule has 0 amide bonds. The number of aryl methyl sites for hydroxylation is 1. The summed E-state index contributed by atoms with van der Waals surface area (Å²) >= 11 is 1.57. The summed E-state index contributed by atoms with van der Waals surface area (Å²) in [6.07, 6.45) is 3.70. The van der Waals surface area contributed by atoms with Gasteiger partial charge in [0.2, 0.25) is 0 Å². The van der Waals surface area contributed by atoms with Gasteiger partial charge in [-0.05, 0) is 13.0 Å². The van der Waals surface area contributed by atoms with Crippen molar-refractivity contribution in [1.82, 2.24) is 19.9 Å². The van der Waals surface area contributed by atoms with Crippen molar-refractivity contribution < 1.29 is 0 Å². The van der Waals surface area contributed by atoms with Crippen LogP contribution in [0.1, 0.15) is 10.7 Å². The number of piperazine rings is 1. The van der Waals surface area contributed by atoms with Gasteiger partial charge in [-0.3, -0.25) is 4.90 Å². The van der Waals surface area contributed by atoms with E-state index in [1.54, 1.807) is 11.3 Å². The molecule has 3 rings (SSSR count). The van der Waals surface area contributed by atoms with Crippen molar-refractivity contribution in [2.75, 3.05) is 36.8 Å². The second kappa shape index (κ2) is 7.02. The van der Waals surface area contributed by atoms with Gasteiger partial charge in [0.25, 0.3) is 0 Å². The molecule has 114 valence electrons. The Morgan fingerprint density at radius 3 is 2.62 bits per heavy atom. The van der Waals surface area contributed by atoms with Crippen LogP contribution < -0.4 is 10.6 Å². The maximum atomic E-state index is 5.66. The first-order valence-corrected chi connectivity index (χ1v) is 7.49. The van der Waals surface area contributed by atoms with Crippen molar-refractivity contribution in [3.63, 3.8) is 0 Å². The summed E-state index contributed by atoms with van der Waals surface area (Å²) in [5.41, 5.74) is 5.66. The van der Waals surface area contributed by atoms with Crippen LogP contribution in [0.3, 0.4) is 0 Å². The zero-order valence-electron chi connectivity index (χ0n) is 11.9. The Hall–Kier alpha value is -1.44. The molecule has 8 heteroatoms. The largest absolute Gasteiger partial charge is 0.375 e. The number of aromatic nitrogens is 3. The lowest BCUT2D eigenvalue weighted by molar-refractivity contribution is 0.251. The molecule has 2 aromatic heterocycles. The first-order chi connectivity index (χ1) is 9.70. The molecule has 1 fully saturated rings. The minimum absolute atomic E-state index is 0. The molecule has 1 saturated heterocycles. The fraction of sp³-hybridized carbons (Fsp3) is 0.462. The summed E-state index contributed by atoms with van der Waals surface area (Å²) in [5, 5.41) is 0.648. The Labute approximate surface area is 134 Å². The van der Waals surface area contributed by atoms with Crippen molar-refractivity contribution in [3.8, 4) is 0 Å². The van der Waals surface area contributed by atoms with Gasteiger partial charge in [-0.1, -0.05) is 0 Å². The molecule has 0 bridgehead atoms. The molecule has 0 atom stereocenters. The number of nitrogen functional groups attached to an aromatic ring is 1. The highest BCUT2D eigenvalue weighted by molar-refractivity contribution is 7.15. The molecule has 1 aliphatic rings. The molecule has 0 unspecified atom stereocenters. The third-order valence-corrected chi connectivity index (χ3v) is 4.22. The highest BCUT2D eigenvalue weighted by atomic mass is 35.5. The van der Waals surface area contributed by atoms with E-state index < -0.39 is 0 Å². The van der Waals surface area contributed by atoms with Gasteiger partial charge in [-0.25, -0.2) is 15.0 Å². The van der Waals surface area contributed by atoms with Gasteiger partial charge in [0, 0.05) is 50.0 Å². The van der Waals surface area contributed by atoms with Crippen LogP contribution in [0.2, 0.25) is 0 Å². The molecular formula is C13H19ClN6S. The SMILES string of the molecule is Cc1nccc(N2CCN(Cc3cnc(N)s3)CC2)n1.Cl. The summed E-state index contributed by atoms with van der Waals surface area (Å²) < 4.78 is 0. The number of hydrogen-bond donors (Lipinski definition) is 1. The Bertz CT molecular complexity index is 582. The molecule has 3 heterocycles. The number of anilines is 2. The fourth-order valence-electron chi connectivity index (χ4n) is 2.37. The van der Waals surface area contributed by atoms with E-state index in [0.29, 0.717) is 5.13 Å². The van der Waals surface area contributed by atoms with Crippen LogP contribution in [-0.2, 0) is 6.54 Å². The van der Waals surface area contributed by atoms with Crippen LogP contribution in [0.5, 0.6) is 0 Å². The minimum atomic E-state index is 0.